The van der Waals surface area contributed by atoms with Crippen molar-refractivity contribution in [1.29, 1.82) is 0 Å². The lowest BCUT2D eigenvalue weighted by Crippen LogP contribution is -2.24. The van der Waals surface area contributed by atoms with Crippen LogP contribution in [-0.4, -0.2) is 22.2 Å². The van der Waals surface area contributed by atoms with Crippen LogP contribution in [0.2, 0.25) is 0 Å². The van der Waals surface area contributed by atoms with Gasteiger partial charge in [-0.25, -0.2) is 13.6 Å². The van der Waals surface area contributed by atoms with E-state index >= 15 is 0 Å². The van der Waals surface area contributed by atoms with Gasteiger partial charge in [-0.15, -0.1) is 0 Å². The lowest BCUT2D eigenvalue weighted by molar-refractivity contribution is -0.144. The van der Waals surface area contributed by atoms with Crippen LogP contribution in [0.25, 0.3) is 11.1 Å². The third-order valence-electron chi connectivity index (χ3n) is 4.26. The summed E-state index contributed by atoms with van der Waals surface area (Å²) >= 11 is 0. The molecule has 1 atom stereocenters. The van der Waals surface area contributed by atoms with Crippen LogP contribution < -0.4 is 15.2 Å². The van der Waals surface area contributed by atoms with Gasteiger partial charge in [-0.1, -0.05) is 24.3 Å². The third-order valence-corrected chi connectivity index (χ3v) is 4.26. The summed E-state index contributed by atoms with van der Waals surface area (Å²) in [6.07, 6.45) is -1.37. The van der Waals surface area contributed by atoms with Gasteiger partial charge in [0, 0.05) is 12.6 Å². The molecule has 0 bridgehead atoms. The Kier molecular flexibility index (Phi) is 6.27. The molecule has 0 aliphatic heterocycles. The van der Waals surface area contributed by atoms with Gasteiger partial charge in [-0.2, -0.15) is 4.98 Å². The molecule has 3 rings (SSSR count). The molecule has 0 amide bonds. The number of carboxylic acid groups (broad SMARTS) is 1. The van der Waals surface area contributed by atoms with Gasteiger partial charge in [0.05, 0.1) is 0 Å². The maximum Gasteiger partial charge on any atom is 0.344 e. The van der Waals surface area contributed by atoms with Gasteiger partial charge >= 0.3 is 5.97 Å². The number of carboxylic acids is 1. The fraction of sp³-hybridized carbons (Fsp3) is 0.182. The van der Waals surface area contributed by atoms with E-state index in [1.807, 2.05) is 37.3 Å². The number of hydrogen-bond acceptors (Lipinski definition) is 5. The lowest BCUT2D eigenvalue weighted by Gasteiger charge is -2.13. The standard InChI is InChI=1S/C22H20F2N2O4/c1-12-6-16(15-5-3-4-14(8-15)11-25)9-17(7-12)30-21-19(24)10-18(23)20(26-21)29-13(2)22(27)28/h3-10,13H,11,25H2,1-2H3,(H,27,28). The van der Waals surface area contributed by atoms with E-state index in [1.165, 1.54) is 6.92 Å². The van der Waals surface area contributed by atoms with E-state index in [4.69, 9.17) is 20.3 Å². The Morgan fingerprint density at radius 1 is 1.10 bits per heavy atom. The molecule has 1 unspecified atom stereocenters. The number of carbonyl (C=O) groups is 1. The van der Waals surface area contributed by atoms with Crippen molar-refractivity contribution in [1.82, 2.24) is 4.98 Å². The number of aryl methyl sites for hydroxylation is 1. The fourth-order valence-corrected chi connectivity index (χ4v) is 2.77. The minimum Gasteiger partial charge on any atom is -0.479 e. The van der Waals surface area contributed by atoms with Crippen LogP contribution in [0.15, 0.2) is 48.5 Å². The van der Waals surface area contributed by atoms with Crippen LogP contribution in [0.4, 0.5) is 8.78 Å². The number of aromatic nitrogens is 1. The summed E-state index contributed by atoms with van der Waals surface area (Å²) in [5.41, 5.74) is 9.22. The largest absolute Gasteiger partial charge is 0.479 e. The molecule has 0 spiro atoms. The molecular formula is C22H20F2N2O4. The van der Waals surface area contributed by atoms with Crippen LogP contribution in [-0.2, 0) is 11.3 Å². The average Bonchev–Trinajstić information content (AvgIpc) is 2.71. The number of aliphatic carboxylic acids is 1. The Morgan fingerprint density at radius 3 is 2.53 bits per heavy atom. The minimum atomic E-state index is -1.37. The predicted molar refractivity (Wildman–Crippen MR) is 106 cm³/mol. The first-order valence-corrected chi connectivity index (χ1v) is 9.11. The van der Waals surface area contributed by atoms with Crippen molar-refractivity contribution in [3.8, 4) is 28.6 Å². The molecule has 8 heteroatoms. The van der Waals surface area contributed by atoms with Crippen LogP contribution >= 0.6 is 0 Å². The normalized spacial score (nSPS) is 11.8. The van der Waals surface area contributed by atoms with Crippen molar-refractivity contribution in [3.63, 3.8) is 0 Å². The summed E-state index contributed by atoms with van der Waals surface area (Å²) in [5, 5.41) is 8.91. The van der Waals surface area contributed by atoms with Gasteiger partial charge in [0.15, 0.2) is 17.7 Å². The molecule has 1 aromatic heterocycles. The second-order valence-corrected chi connectivity index (χ2v) is 6.70. The van der Waals surface area contributed by atoms with E-state index in [1.54, 1.807) is 12.1 Å². The van der Waals surface area contributed by atoms with Crippen LogP contribution in [0.1, 0.15) is 18.1 Å². The van der Waals surface area contributed by atoms with Gasteiger partial charge in [0.2, 0.25) is 0 Å². The zero-order chi connectivity index (χ0) is 21.8. The maximum absolute atomic E-state index is 14.2. The second kappa shape index (κ2) is 8.87. The van der Waals surface area contributed by atoms with Crippen LogP contribution in [0.5, 0.6) is 17.5 Å². The Morgan fingerprint density at radius 2 is 1.83 bits per heavy atom. The predicted octanol–water partition coefficient (Wildman–Crippen LogP) is 4.44. The van der Waals surface area contributed by atoms with E-state index in [2.05, 4.69) is 4.98 Å². The van der Waals surface area contributed by atoms with Crippen molar-refractivity contribution < 1.29 is 28.2 Å². The molecule has 0 radical (unpaired) electrons. The lowest BCUT2D eigenvalue weighted by atomic mass is 10.0. The molecule has 0 saturated heterocycles. The van der Waals surface area contributed by atoms with Gasteiger partial charge in [0.25, 0.3) is 11.8 Å². The SMILES string of the molecule is Cc1cc(Oc2nc(OC(C)C(=O)O)c(F)cc2F)cc(-c2cccc(CN)c2)c1. The van der Waals surface area contributed by atoms with Crippen molar-refractivity contribution in [2.24, 2.45) is 5.73 Å². The van der Waals surface area contributed by atoms with E-state index in [9.17, 15) is 13.6 Å². The molecule has 3 aromatic rings. The molecular weight excluding hydrogens is 394 g/mol. The van der Waals surface area contributed by atoms with Gasteiger partial charge in [0.1, 0.15) is 5.75 Å². The van der Waals surface area contributed by atoms with Gasteiger partial charge in [-0.05, 0) is 54.3 Å². The number of rotatable bonds is 7. The average molecular weight is 414 g/mol. The summed E-state index contributed by atoms with van der Waals surface area (Å²) in [5.74, 6) is -4.40. The highest BCUT2D eigenvalue weighted by Crippen LogP contribution is 2.31. The number of hydrogen-bond donors (Lipinski definition) is 2. The third kappa shape index (κ3) is 4.90. The first kappa shape index (κ1) is 21.2. The van der Waals surface area contributed by atoms with Gasteiger partial charge in [-0.3, -0.25) is 0 Å². The molecule has 0 saturated carbocycles. The summed E-state index contributed by atoms with van der Waals surface area (Å²) in [6.45, 7) is 3.45. The monoisotopic (exact) mass is 414 g/mol. The first-order chi connectivity index (χ1) is 14.3. The number of pyridine rings is 1. The minimum absolute atomic E-state index is 0.276. The van der Waals surface area contributed by atoms with Crippen molar-refractivity contribution in [2.45, 2.75) is 26.5 Å². The van der Waals surface area contributed by atoms with Crippen LogP contribution in [0, 0.1) is 18.6 Å². The highest BCUT2D eigenvalue weighted by molar-refractivity contribution is 5.72. The first-order valence-electron chi connectivity index (χ1n) is 9.11. The molecule has 0 aliphatic rings. The molecule has 0 fully saturated rings. The van der Waals surface area contributed by atoms with Crippen LogP contribution in [0.3, 0.4) is 0 Å². The number of benzene rings is 2. The van der Waals surface area contributed by atoms with Gasteiger partial charge < -0.3 is 20.3 Å². The van der Waals surface area contributed by atoms with Crippen molar-refractivity contribution >= 4 is 5.97 Å². The highest BCUT2D eigenvalue weighted by atomic mass is 19.1. The molecule has 30 heavy (non-hydrogen) atoms. The highest BCUT2D eigenvalue weighted by Gasteiger charge is 2.20. The van der Waals surface area contributed by atoms with Crippen molar-refractivity contribution in [3.05, 3.63) is 71.3 Å². The maximum atomic E-state index is 14.2. The number of nitrogens with zero attached hydrogens (tertiary/aromatic N) is 1. The number of halogens is 2. The number of ether oxygens (including phenoxy) is 2. The summed E-state index contributed by atoms with van der Waals surface area (Å²) in [4.78, 5) is 14.6. The zero-order valence-corrected chi connectivity index (χ0v) is 16.4. The topological polar surface area (TPSA) is 94.7 Å². The van der Waals surface area contributed by atoms with E-state index in [0.29, 0.717) is 12.6 Å². The van der Waals surface area contributed by atoms with E-state index in [0.717, 1.165) is 22.3 Å². The smallest absolute Gasteiger partial charge is 0.344 e. The molecule has 0 aliphatic carbocycles. The fourth-order valence-electron chi connectivity index (χ4n) is 2.77. The van der Waals surface area contributed by atoms with E-state index < -0.39 is 35.5 Å². The molecule has 156 valence electrons. The number of nitrogens with two attached hydrogens (primary N) is 1. The Hall–Kier alpha value is -3.52. The second-order valence-electron chi connectivity index (χ2n) is 6.70. The molecule has 6 nitrogen and oxygen atoms in total. The molecule has 2 aromatic carbocycles. The summed E-state index contributed by atoms with van der Waals surface area (Å²) in [6, 6.07) is 13.5. The Balaban J connectivity index is 1.94. The molecule has 3 N–H and O–H groups in total. The Labute approximate surface area is 171 Å². The summed E-state index contributed by atoms with van der Waals surface area (Å²) < 4.78 is 38.6. The summed E-state index contributed by atoms with van der Waals surface area (Å²) in [7, 11) is 0. The van der Waals surface area contributed by atoms with Crippen molar-refractivity contribution in [2.75, 3.05) is 0 Å². The quantitative estimate of drug-likeness (QED) is 0.594. The molecule has 1 heterocycles. The Bertz CT molecular complexity index is 1090. The zero-order valence-electron chi connectivity index (χ0n) is 16.4. The van der Waals surface area contributed by atoms with E-state index in [-0.39, 0.29) is 5.75 Å².